The highest BCUT2D eigenvalue weighted by Crippen LogP contribution is 2.33. The van der Waals surface area contributed by atoms with Gasteiger partial charge in [0.2, 0.25) is 0 Å². The van der Waals surface area contributed by atoms with Crippen molar-refractivity contribution in [1.29, 1.82) is 0 Å². The molecule has 24 heavy (non-hydrogen) atoms. The Labute approximate surface area is 150 Å². The van der Waals surface area contributed by atoms with Crippen LogP contribution in [-0.2, 0) is 4.79 Å². The van der Waals surface area contributed by atoms with Gasteiger partial charge in [-0.05, 0) is 54.8 Å². The summed E-state index contributed by atoms with van der Waals surface area (Å²) < 4.78 is 11.9. The highest BCUT2D eigenvalue weighted by molar-refractivity contribution is 9.10. The third-order valence-corrected chi connectivity index (χ3v) is 4.76. The zero-order valence-corrected chi connectivity index (χ0v) is 15.2. The van der Waals surface area contributed by atoms with E-state index in [1.165, 1.54) is 0 Å². The highest BCUT2D eigenvalue weighted by atomic mass is 79.9. The first-order valence-corrected chi connectivity index (χ1v) is 8.78. The van der Waals surface area contributed by atoms with Gasteiger partial charge in [-0.1, -0.05) is 28.1 Å². The molecule has 5 heteroatoms. The van der Waals surface area contributed by atoms with E-state index < -0.39 is 0 Å². The zero-order valence-electron chi connectivity index (χ0n) is 13.6. The van der Waals surface area contributed by atoms with Gasteiger partial charge in [0, 0.05) is 11.0 Å². The number of amides is 1. The summed E-state index contributed by atoms with van der Waals surface area (Å²) in [7, 11) is 1.66. The molecule has 0 N–H and O–H groups in total. The van der Waals surface area contributed by atoms with Gasteiger partial charge in [-0.25, -0.2) is 0 Å². The molecule has 1 atom stereocenters. The van der Waals surface area contributed by atoms with E-state index in [4.69, 9.17) is 9.47 Å². The summed E-state index contributed by atoms with van der Waals surface area (Å²) in [6.07, 6.45) is 1.98. The number of likely N-dealkylation sites (tertiary alicyclic amines) is 1. The van der Waals surface area contributed by atoms with E-state index in [1.54, 1.807) is 7.11 Å². The lowest BCUT2D eigenvalue weighted by molar-refractivity contribution is -0.134. The molecule has 4 nitrogen and oxygen atoms in total. The quantitative estimate of drug-likeness (QED) is 0.768. The molecule has 1 aliphatic rings. The van der Waals surface area contributed by atoms with Crippen LogP contribution in [0.4, 0.5) is 0 Å². The van der Waals surface area contributed by atoms with Crippen molar-refractivity contribution in [1.82, 2.24) is 4.90 Å². The average Bonchev–Trinajstić information content (AvgIpc) is 3.11. The van der Waals surface area contributed by atoms with Gasteiger partial charge in [-0.2, -0.15) is 0 Å². The molecule has 2 aromatic rings. The lowest BCUT2D eigenvalue weighted by Crippen LogP contribution is -2.34. The second kappa shape index (κ2) is 7.71. The SMILES string of the molecule is COc1cccc([C@@H]2CCCN2C(=O)COc2ccc(Br)cc2)c1. The van der Waals surface area contributed by atoms with Crippen LogP contribution >= 0.6 is 15.9 Å². The first kappa shape index (κ1) is 16.8. The molecular weight excluding hydrogens is 370 g/mol. The van der Waals surface area contributed by atoms with Gasteiger partial charge in [-0.15, -0.1) is 0 Å². The smallest absolute Gasteiger partial charge is 0.261 e. The summed E-state index contributed by atoms with van der Waals surface area (Å²) in [6.45, 7) is 0.826. The Bertz CT molecular complexity index is 702. The molecule has 1 aliphatic heterocycles. The molecule has 0 aliphatic carbocycles. The molecule has 2 aromatic carbocycles. The third-order valence-electron chi connectivity index (χ3n) is 4.23. The van der Waals surface area contributed by atoms with Crippen LogP contribution in [0.15, 0.2) is 53.0 Å². The van der Waals surface area contributed by atoms with Crippen LogP contribution in [0.5, 0.6) is 11.5 Å². The normalized spacial score (nSPS) is 16.9. The molecule has 0 saturated carbocycles. The first-order valence-electron chi connectivity index (χ1n) is 7.99. The fourth-order valence-electron chi connectivity index (χ4n) is 3.02. The number of halogens is 1. The van der Waals surface area contributed by atoms with Crippen LogP contribution in [0, 0.1) is 0 Å². The van der Waals surface area contributed by atoms with Gasteiger partial charge in [0.25, 0.3) is 5.91 Å². The lowest BCUT2D eigenvalue weighted by atomic mass is 10.0. The Hall–Kier alpha value is -2.01. The minimum absolute atomic E-state index is 0.0169. The maximum Gasteiger partial charge on any atom is 0.261 e. The van der Waals surface area contributed by atoms with Crippen molar-refractivity contribution in [2.24, 2.45) is 0 Å². The number of carbonyl (C=O) groups is 1. The minimum atomic E-state index is 0.0169. The highest BCUT2D eigenvalue weighted by Gasteiger charge is 2.30. The van der Waals surface area contributed by atoms with Crippen LogP contribution in [0.25, 0.3) is 0 Å². The number of methoxy groups -OCH3 is 1. The van der Waals surface area contributed by atoms with Gasteiger partial charge in [0.1, 0.15) is 11.5 Å². The van der Waals surface area contributed by atoms with Gasteiger partial charge < -0.3 is 14.4 Å². The predicted molar refractivity (Wildman–Crippen MR) is 96.3 cm³/mol. The molecule has 0 bridgehead atoms. The van der Waals surface area contributed by atoms with Gasteiger partial charge in [-0.3, -0.25) is 4.79 Å². The number of rotatable bonds is 5. The van der Waals surface area contributed by atoms with Crippen molar-refractivity contribution >= 4 is 21.8 Å². The Morgan fingerprint density at radius 1 is 1.21 bits per heavy atom. The first-order chi connectivity index (χ1) is 11.7. The van der Waals surface area contributed by atoms with Crippen LogP contribution in [0.1, 0.15) is 24.4 Å². The molecule has 1 saturated heterocycles. The summed E-state index contributed by atoms with van der Waals surface area (Å²) in [5.41, 5.74) is 1.11. The zero-order chi connectivity index (χ0) is 16.9. The summed E-state index contributed by atoms with van der Waals surface area (Å²) in [5.74, 6) is 1.53. The van der Waals surface area contributed by atoms with E-state index in [-0.39, 0.29) is 18.6 Å². The van der Waals surface area contributed by atoms with Crippen molar-refractivity contribution in [3.63, 3.8) is 0 Å². The largest absolute Gasteiger partial charge is 0.497 e. The van der Waals surface area contributed by atoms with Crippen molar-refractivity contribution in [2.45, 2.75) is 18.9 Å². The topological polar surface area (TPSA) is 38.8 Å². The molecule has 1 fully saturated rings. The van der Waals surface area contributed by atoms with E-state index in [9.17, 15) is 4.79 Å². The van der Waals surface area contributed by atoms with E-state index >= 15 is 0 Å². The lowest BCUT2D eigenvalue weighted by Gasteiger charge is -2.25. The van der Waals surface area contributed by atoms with Crippen molar-refractivity contribution < 1.29 is 14.3 Å². The second-order valence-corrected chi connectivity index (χ2v) is 6.68. The monoisotopic (exact) mass is 389 g/mol. The van der Waals surface area contributed by atoms with E-state index in [0.717, 1.165) is 35.2 Å². The van der Waals surface area contributed by atoms with E-state index in [1.807, 2.05) is 53.4 Å². The number of hydrogen-bond acceptors (Lipinski definition) is 3. The maximum atomic E-state index is 12.6. The predicted octanol–water partition coefficient (Wildman–Crippen LogP) is 4.20. The van der Waals surface area contributed by atoms with Gasteiger partial charge in [0.05, 0.1) is 13.2 Å². The number of benzene rings is 2. The summed E-state index contributed by atoms with van der Waals surface area (Å²) >= 11 is 3.38. The molecule has 0 radical (unpaired) electrons. The molecule has 1 amide bonds. The number of carbonyl (C=O) groups excluding carboxylic acids is 1. The summed E-state index contributed by atoms with van der Waals surface area (Å²) in [4.78, 5) is 14.5. The van der Waals surface area contributed by atoms with Crippen LogP contribution in [0.2, 0.25) is 0 Å². The molecular formula is C19H20BrNO3. The summed E-state index contributed by atoms with van der Waals surface area (Å²) in [5, 5.41) is 0. The fourth-order valence-corrected chi connectivity index (χ4v) is 3.28. The molecule has 0 spiro atoms. The Balaban J connectivity index is 1.65. The van der Waals surface area contributed by atoms with Crippen LogP contribution < -0.4 is 9.47 Å². The number of ether oxygens (including phenoxy) is 2. The second-order valence-electron chi connectivity index (χ2n) is 5.76. The van der Waals surface area contributed by atoms with Crippen molar-refractivity contribution in [3.05, 3.63) is 58.6 Å². The molecule has 3 rings (SSSR count). The van der Waals surface area contributed by atoms with Crippen LogP contribution in [0.3, 0.4) is 0 Å². The average molecular weight is 390 g/mol. The molecule has 126 valence electrons. The van der Waals surface area contributed by atoms with Crippen molar-refractivity contribution in [3.8, 4) is 11.5 Å². The fraction of sp³-hybridized carbons (Fsp3) is 0.316. The Morgan fingerprint density at radius 3 is 2.75 bits per heavy atom. The van der Waals surface area contributed by atoms with Crippen LogP contribution in [-0.4, -0.2) is 31.1 Å². The third kappa shape index (κ3) is 3.90. The molecule has 0 unspecified atom stereocenters. The minimum Gasteiger partial charge on any atom is -0.497 e. The standard InChI is InChI=1S/C19H20BrNO3/c1-23-17-5-2-4-14(12-17)18-6-3-11-21(18)19(22)13-24-16-9-7-15(20)8-10-16/h2,4-5,7-10,12,18H,3,6,11,13H2,1H3/t18-/m0/s1. The number of hydrogen-bond donors (Lipinski definition) is 0. The maximum absolute atomic E-state index is 12.6. The van der Waals surface area contributed by atoms with E-state index in [2.05, 4.69) is 15.9 Å². The Morgan fingerprint density at radius 2 is 2.00 bits per heavy atom. The van der Waals surface area contributed by atoms with Gasteiger partial charge >= 0.3 is 0 Å². The number of nitrogens with zero attached hydrogens (tertiary/aromatic N) is 1. The van der Waals surface area contributed by atoms with Crippen molar-refractivity contribution in [2.75, 3.05) is 20.3 Å². The Kier molecular flexibility index (Phi) is 5.41. The summed E-state index contributed by atoms with van der Waals surface area (Å²) in [6, 6.07) is 15.5. The molecule has 0 aromatic heterocycles. The van der Waals surface area contributed by atoms with E-state index in [0.29, 0.717) is 5.75 Å². The molecule has 1 heterocycles. The van der Waals surface area contributed by atoms with Gasteiger partial charge in [0.15, 0.2) is 6.61 Å².